The molecule has 2 unspecified atom stereocenters. The minimum atomic E-state index is -0.567. The summed E-state index contributed by atoms with van der Waals surface area (Å²) >= 11 is 0. The van der Waals surface area contributed by atoms with Crippen molar-refractivity contribution in [2.24, 2.45) is 5.73 Å². The fourth-order valence-electron chi connectivity index (χ4n) is 0.347. The van der Waals surface area contributed by atoms with Gasteiger partial charge in [-0.2, -0.15) is 0 Å². The van der Waals surface area contributed by atoms with Gasteiger partial charge in [-0.05, 0) is 6.92 Å². The zero-order chi connectivity index (χ0) is 6.57. The smallest absolute Gasteiger partial charge is 0.103 e. The van der Waals surface area contributed by atoms with Crippen molar-refractivity contribution in [2.45, 2.75) is 19.3 Å². The van der Waals surface area contributed by atoms with Gasteiger partial charge in [0.25, 0.3) is 0 Å². The van der Waals surface area contributed by atoms with E-state index in [9.17, 15) is 0 Å². The van der Waals surface area contributed by atoms with Crippen molar-refractivity contribution in [2.75, 3.05) is 0 Å². The Labute approximate surface area is 49.2 Å². The summed E-state index contributed by atoms with van der Waals surface area (Å²) in [7, 11) is 0. The van der Waals surface area contributed by atoms with Crippen LogP contribution in [-0.4, -0.2) is 17.5 Å². The molecule has 0 aliphatic heterocycles. The Balaban J connectivity index is 3.23. The van der Waals surface area contributed by atoms with E-state index in [0.29, 0.717) is 0 Å². The van der Waals surface area contributed by atoms with Gasteiger partial charge in [0.2, 0.25) is 0 Å². The molecule has 3 nitrogen and oxygen atoms in total. The highest BCUT2D eigenvalue weighted by Gasteiger charge is 1.96. The van der Waals surface area contributed by atoms with E-state index in [4.69, 9.17) is 10.8 Å². The lowest BCUT2D eigenvalue weighted by atomic mass is 10.5. The van der Waals surface area contributed by atoms with Gasteiger partial charge in [-0.1, -0.05) is 6.08 Å². The molecule has 0 aromatic carbocycles. The summed E-state index contributed by atoms with van der Waals surface area (Å²) in [6.07, 6.45) is 0.644. The largest absolute Gasteiger partial charge is 0.379 e. The van der Waals surface area contributed by atoms with Crippen molar-refractivity contribution >= 4 is 0 Å². The van der Waals surface area contributed by atoms with E-state index in [0.717, 1.165) is 0 Å². The van der Waals surface area contributed by atoms with Gasteiger partial charge < -0.3 is 10.8 Å². The number of aliphatic hydroxyl groups is 1. The van der Waals surface area contributed by atoms with Crippen LogP contribution in [0.25, 0.3) is 0 Å². The van der Waals surface area contributed by atoms with Crippen molar-refractivity contribution in [1.82, 2.24) is 5.32 Å². The topological polar surface area (TPSA) is 58.3 Å². The second-order valence-corrected chi connectivity index (χ2v) is 1.60. The van der Waals surface area contributed by atoms with Crippen LogP contribution in [0.1, 0.15) is 6.92 Å². The van der Waals surface area contributed by atoms with Crippen LogP contribution in [0.5, 0.6) is 0 Å². The minimum absolute atomic E-state index is 0.310. The summed E-state index contributed by atoms with van der Waals surface area (Å²) in [6.45, 7) is 5.02. The molecule has 0 saturated heterocycles. The first kappa shape index (κ1) is 7.62. The second-order valence-electron chi connectivity index (χ2n) is 1.60. The van der Waals surface area contributed by atoms with Crippen molar-refractivity contribution in [3.8, 4) is 0 Å². The van der Waals surface area contributed by atoms with Crippen LogP contribution < -0.4 is 11.1 Å². The third kappa shape index (κ3) is 3.80. The van der Waals surface area contributed by atoms with Gasteiger partial charge >= 0.3 is 0 Å². The average Bonchev–Trinajstić information content (AvgIpc) is 1.65. The molecule has 0 saturated carbocycles. The molecule has 2 atom stereocenters. The zero-order valence-corrected chi connectivity index (χ0v) is 4.96. The zero-order valence-electron chi connectivity index (χ0n) is 4.96. The van der Waals surface area contributed by atoms with Gasteiger partial charge in [0, 0.05) is 0 Å². The summed E-state index contributed by atoms with van der Waals surface area (Å²) in [4.78, 5) is 0. The number of nitrogens with one attached hydrogen (secondary N) is 1. The summed E-state index contributed by atoms with van der Waals surface area (Å²) in [5.74, 6) is 0. The number of nitrogens with two attached hydrogens (primary N) is 1. The maximum atomic E-state index is 8.62. The van der Waals surface area contributed by atoms with Gasteiger partial charge in [-0.3, -0.25) is 5.32 Å². The molecule has 8 heavy (non-hydrogen) atoms. The first-order valence-electron chi connectivity index (χ1n) is 2.49. The first-order chi connectivity index (χ1) is 3.66. The van der Waals surface area contributed by atoms with E-state index in [1.807, 2.05) is 0 Å². The Bertz CT molecular complexity index is 72.8. The van der Waals surface area contributed by atoms with Crippen molar-refractivity contribution in [3.63, 3.8) is 0 Å². The van der Waals surface area contributed by atoms with Crippen LogP contribution in [0.4, 0.5) is 0 Å². The lowest BCUT2D eigenvalue weighted by molar-refractivity contribution is 0.149. The van der Waals surface area contributed by atoms with Gasteiger partial charge in [-0.25, -0.2) is 0 Å². The number of hydrogen-bond donors (Lipinski definition) is 3. The van der Waals surface area contributed by atoms with E-state index in [2.05, 4.69) is 11.9 Å². The predicted octanol–water partition coefficient (Wildman–Crippen LogP) is -0.615. The van der Waals surface area contributed by atoms with Crippen LogP contribution in [-0.2, 0) is 0 Å². The van der Waals surface area contributed by atoms with E-state index >= 15 is 0 Å². The second kappa shape index (κ2) is 3.60. The van der Waals surface area contributed by atoms with Gasteiger partial charge in [0.15, 0.2) is 0 Å². The molecule has 0 aliphatic carbocycles. The third-order valence-electron chi connectivity index (χ3n) is 0.688. The molecule has 0 aromatic rings. The molecule has 48 valence electrons. The number of hydrogen-bond acceptors (Lipinski definition) is 3. The summed E-state index contributed by atoms with van der Waals surface area (Å²) in [5.41, 5.74) is 5.28. The Hall–Kier alpha value is -0.380. The van der Waals surface area contributed by atoms with Crippen molar-refractivity contribution in [1.29, 1.82) is 0 Å². The number of aliphatic hydroxyl groups excluding tert-OH is 1. The Morgan fingerprint density at radius 2 is 2.38 bits per heavy atom. The third-order valence-corrected chi connectivity index (χ3v) is 0.688. The molecule has 4 N–H and O–H groups in total. The van der Waals surface area contributed by atoms with Crippen LogP contribution >= 0.6 is 0 Å². The van der Waals surface area contributed by atoms with Crippen LogP contribution in [0.2, 0.25) is 0 Å². The highest BCUT2D eigenvalue weighted by molar-refractivity contribution is 4.79. The van der Waals surface area contributed by atoms with E-state index in [1.165, 1.54) is 6.08 Å². The Kier molecular flexibility index (Phi) is 3.43. The fraction of sp³-hybridized carbons (Fsp3) is 0.600. The molecule has 0 bridgehead atoms. The predicted molar refractivity (Wildman–Crippen MR) is 33.0 cm³/mol. The minimum Gasteiger partial charge on any atom is -0.379 e. The average molecular weight is 116 g/mol. The normalized spacial score (nSPS) is 17.4. The van der Waals surface area contributed by atoms with Crippen LogP contribution in [0.15, 0.2) is 12.7 Å². The Morgan fingerprint density at radius 3 is 2.50 bits per heavy atom. The molecule has 0 heterocycles. The summed E-state index contributed by atoms with van der Waals surface area (Å²) < 4.78 is 0. The lowest BCUT2D eigenvalue weighted by Gasteiger charge is -2.10. The standard InChI is InChI=1S/C5H12N2O/c1-3-5(6)7-4(2)8/h3-5,7-8H,1,6H2,2H3. The van der Waals surface area contributed by atoms with E-state index < -0.39 is 6.23 Å². The maximum absolute atomic E-state index is 8.62. The molecular weight excluding hydrogens is 104 g/mol. The van der Waals surface area contributed by atoms with Gasteiger partial charge in [0.05, 0.1) is 6.17 Å². The lowest BCUT2D eigenvalue weighted by Crippen LogP contribution is -2.40. The quantitative estimate of drug-likeness (QED) is 0.340. The highest BCUT2D eigenvalue weighted by atomic mass is 16.3. The molecular formula is C5H12N2O. The fourth-order valence-corrected chi connectivity index (χ4v) is 0.347. The molecule has 3 heteroatoms. The van der Waals surface area contributed by atoms with Crippen molar-refractivity contribution < 1.29 is 5.11 Å². The molecule has 0 fully saturated rings. The van der Waals surface area contributed by atoms with E-state index in [1.54, 1.807) is 6.92 Å². The first-order valence-corrected chi connectivity index (χ1v) is 2.49. The maximum Gasteiger partial charge on any atom is 0.103 e. The molecule has 0 spiro atoms. The van der Waals surface area contributed by atoms with Crippen LogP contribution in [0.3, 0.4) is 0 Å². The highest BCUT2D eigenvalue weighted by Crippen LogP contribution is 1.75. The van der Waals surface area contributed by atoms with Gasteiger partial charge in [0.1, 0.15) is 6.23 Å². The van der Waals surface area contributed by atoms with Crippen molar-refractivity contribution in [3.05, 3.63) is 12.7 Å². The van der Waals surface area contributed by atoms with Gasteiger partial charge in [-0.15, -0.1) is 6.58 Å². The summed E-state index contributed by atoms with van der Waals surface area (Å²) in [6, 6.07) is 0. The summed E-state index contributed by atoms with van der Waals surface area (Å²) in [5, 5.41) is 11.2. The molecule has 0 radical (unpaired) electrons. The number of rotatable bonds is 3. The molecule has 0 aromatic heterocycles. The van der Waals surface area contributed by atoms with Crippen LogP contribution in [0, 0.1) is 0 Å². The van der Waals surface area contributed by atoms with E-state index in [-0.39, 0.29) is 6.17 Å². The molecule has 0 rings (SSSR count). The monoisotopic (exact) mass is 116 g/mol. The molecule has 0 aliphatic rings. The SMILES string of the molecule is C=CC(N)NC(C)O. The molecule has 0 amide bonds. The Morgan fingerprint density at radius 1 is 1.88 bits per heavy atom.